The maximum absolute atomic E-state index is 12.6. The number of rotatable bonds is 10. The molecule has 2 aliphatic rings. The molecule has 1 atom stereocenters. The predicted molar refractivity (Wildman–Crippen MR) is 264 cm³/mol. The molecule has 5 aromatic carbocycles. The van der Waals surface area contributed by atoms with Crippen molar-refractivity contribution < 1.29 is 14.6 Å². The first-order chi connectivity index (χ1) is 33.2. The molecule has 8 aromatic rings. The zero-order valence-electron chi connectivity index (χ0n) is 35.6. The fourth-order valence-corrected chi connectivity index (χ4v) is 8.80. The number of nitro groups is 2. The third kappa shape index (κ3) is 8.02. The third-order valence-electron chi connectivity index (χ3n) is 11.7. The monoisotopic (exact) mass is 908 g/mol. The van der Waals surface area contributed by atoms with Crippen LogP contribution in [0.25, 0.3) is 90.9 Å². The molecule has 0 saturated heterocycles. The van der Waals surface area contributed by atoms with Gasteiger partial charge in [-0.2, -0.15) is 10.5 Å². The molecule has 0 spiro atoms. The van der Waals surface area contributed by atoms with Crippen LogP contribution in [-0.2, 0) is 6.42 Å². The van der Waals surface area contributed by atoms with E-state index in [1.807, 2.05) is 109 Å². The summed E-state index contributed by atoms with van der Waals surface area (Å²) in [7, 11) is 0. The van der Waals surface area contributed by atoms with E-state index in [0.717, 1.165) is 22.3 Å². The van der Waals surface area contributed by atoms with Gasteiger partial charge in [0.15, 0.2) is 0 Å². The van der Waals surface area contributed by atoms with Gasteiger partial charge in [0.05, 0.1) is 50.7 Å². The minimum absolute atomic E-state index is 0.0449. The van der Waals surface area contributed by atoms with Crippen LogP contribution in [0.5, 0.6) is 5.75 Å². The predicted octanol–water partition coefficient (Wildman–Crippen LogP) is 13.5. The number of nitro benzene ring substituents is 2. The molecule has 0 amide bonds. The van der Waals surface area contributed by atoms with E-state index in [1.54, 1.807) is 48.5 Å². The van der Waals surface area contributed by atoms with E-state index < -0.39 is 16.0 Å². The number of aromatic nitrogens is 4. The first-order valence-electron chi connectivity index (χ1n) is 21.2. The molecule has 3 aromatic heterocycles. The number of halogens is 1. The van der Waals surface area contributed by atoms with Gasteiger partial charge >= 0.3 is 0 Å². The van der Waals surface area contributed by atoms with Gasteiger partial charge in [-0.1, -0.05) is 72.3 Å². The SMILES string of the molecule is N#CCc1cc(-c2c3nc(c(-c4ccccc4)c4ccc([nH]4)c(-c4ccc([N+](=O)[O-])c(C(C#N)Oc5ccc(Cl)cc5)c4)c4nc(c(-c5ccccc5)c5ccc2[nH]5)C=C4)C=C3)ccc1[N+](=O)[O-]. The summed E-state index contributed by atoms with van der Waals surface area (Å²) in [6, 6.07) is 47.3. The van der Waals surface area contributed by atoms with Crippen molar-refractivity contribution in [2.75, 3.05) is 0 Å². The second kappa shape index (κ2) is 17.9. The highest BCUT2D eigenvalue weighted by Crippen LogP contribution is 2.41. The van der Waals surface area contributed by atoms with Crippen LogP contribution in [-0.4, -0.2) is 29.8 Å². The smallest absolute Gasteiger partial charge is 0.277 e. The van der Waals surface area contributed by atoms with E-state index in [-0.39, 0.29) is 28.9 Å². The summed E-state index contributed by atoms with van der Waals surface area (Å²) >= 11 is 6.12. The number of benzene rings is 5. The highest BCUT2D eigenvalue weighted by Gasteiger charge is 2.27. The molecule has 0 radical (unpaired) electrons. The average molecular weight is 909 g/mol. The van der Waals surface area contributed by atoms with Crippen molar-refractivity contribution in [1.29, 1.82) is 10.5 Å². The Labute approximate surface area is 392 Å². The molecule has 8 bridgehead atoms. The minimum atomic E-state index is -1.37. The Bertz CT molecular complexity index is 3640. The van der Waals surface area contributed by atoms with Gasteiger partial charge in [0.2, 0.25) is 6.10 Å². The number of nitrogens with one attached hydrogen (secondary N) is 2. The summed E-state index contributed by atoms with van der Waals surface area (Å²) in [6.45, 7) is 0. The Morgan fingerprint density at radius 1 is 0.559 bits per heavy atom. The summed E-state index contributed by atoms with van der Waals surface area (Å²) in [5.74, 6) is 0.306. The molecule has 68 heavy (non-hydrogen) atoms. The van der Waals surface area contributed by atoms with Crippen LogP contribution < -0.4 is 4.74 Å². The number of hydrogen-bond acceptors (Lipinski definition) is 9. The summed E-state index contributed by atoms with van der Waals surface area (Å²) in [5, 5.41) is 45.3. The van der Waals surface area contributed by atoms with Crippen LogP contribution in [0.4, 0.5) is 11.4 Å². The lowest BCUT2D eigenvalue weighted by Gasteiger charge is -2.15. The Morgan fingerprint density at radius 3 is 1.44 bits per heavy atom. The number of hydrogen-bond donors (Lipinski definition) is 2. The van der Waals surface area contributed by atoms with Gasteiger partial charge in [0, 0.05) is 67.0 Å². The number of fused-ring (bicyclic) bond motifs is 8. The van der Waals surface area contributed by atoms with Crippen molar-refractivity contribution in [2.24, 2.45) is 0 Å². The largest absolute Gasteiger partial charge is 0.470 e. The van der Waals surface area contributed by atoms with E-state index >= 15 is 0 Å². The number of nitriles is 2. The lowest BCUT2D eigenvalue weighted by molar-refractivity contribution is -0.386. The zero-order valence-corrected chi connectivity index (χ0v) is 36.3. The standard InChI is InChI=1S/C54H33ClN8O5/c55-37-13-15-38(16-14-37)68-50(31-57)39-30-36(12-26-49(39)63(66)67)54-46-23-19-42(60-46)51(32-7-3-1-4-8-32)40-17-21-44(58-40)53(35-11-25-48(62(64)65)34(29-35)27-28-56)45-22-18-41(59-45)52(33-9-5-2-6-10-33)43-20-24-47(54)61-43/h1-26,29-30,50,58,61H,27H2. The Morgan fingerprint density at radius 2 is 1.00 bits per heavy atom. The third-order valence-corrected chi connectivity index (χ3v) is 11.9. The molecule has 0 fully saturated rings. The molecule has 2 N–H and O–H groups in total. The van der Waals surface area contributed by atoms with Crippen molar-refractivity contribution >= 4 is 69.3 Å². The van der Waals surface area contributed by atoms with Crippen molar-refractivity contribution in [2.45, 2.75) is 12.5 Å². The fourth-order valence-electron chi connectivity index (χ4n) is 8.67. The highest BCUT2D eigenvalue weighted by molar-refractivity contribution is 6.30. The minimum Gasteiger partial charge on any atom is -0.470 e. The van der Waals surface area contributed by atoms with Crippen molar-refractivity contribution in [1.82, 2.24) is 19.9 Å². The maximum Gasteiger partial charge on any atom is 0.277 e. The average Bonchev–Trinajstić information content (AvgIpc) is 4.21. The van der Waals surface area contributed by atoms with Crippen LogP contribution in [0.3, 0.4) is 0 Å². The molecule has 10 rings (SSSR count). The first kappa shape index (κ1) is 42.5. The molecule has 13 nitrogen and oxygen atoms in total. The molecule has 1 unspecified atom stereocenters. The second-order valence-corrected chi connectivity index (χ2v) is 16.2. The van der Waals surface area contributed by atoms with E-state index in [9.17, 15) is 30.8 Å². The van der Waals surface area contributed by atoms with Crippen molar-refractivity contribution in [3.8, 4) is 62.4 Å². The van der Waals surface area contributed by atoms with Gasteiger partial charge in [-0.25, -0.2) is 9.97 Å². The van der Waals surface area contributed by atoms with E-state index in [4.69, 9.17) is 26.3 Å². The Kier molecular flexibility index (Phi) is 11.2. The van der Waals surface area contributed by atoms with Gasteiger partial charge in [0.25, 0.3) is 11.4 Å². The van der Waals surface area contributed by atoms with Crippen molar-refractivity contribution in [3.05, 3.63) is 205 Å². The zero-order chi connectivity index (χ0) is 46.9. The molecule has 326 valence electrons. The van der Waals surface area contributed by atoms with Crippen LogP contribution >= 0.6 is 11.6 Å². The molecular formula is C54H33ClN8O5. The second-order valence-electron chi connectivity index (χ2n) is 15.8. The van der Waals surface area contributed by atoms with Crippen LogP contribution in [0, 0.1) is 42.9 Å². The van der Waals surface area contributed by atoms with E-state index in [1.165, 1.54) is 12.1 Å². The van der Waals surface area contributed by atoms with Gasteiger partial charge in [-0.3, -0.25) is 20.2 Å². The Hall–Kier alpha value is -9.43. The number of H-pyrrole nitrogens is 2. The normalized spacial score (nSPS) is 12.0. The lowest BCUT2D eigenvalue weighted by atomic mass is 9.98. The van der Waals surface area contributed by atoms with Gasteiger partial charge in [0.1, 0.15) is 11.8 Å². The number of aromatic amines is 2. The van der Waals surface area contributed by atoms with E-state index in [2.05, 4.69) is 22.1 Å². The van der Waals surface area contributed by atoms with Crippen LogP contribution in [0.1, 0.15) is 40.0 Å². The van der Waals surface area contributed by atoms with Crippen molar-refractivity contribution in [3.63, 3.8) is 0 Å². The highest BCUT2D eigenvalue weighted by atomic mass is 35.5. The van der Waals surface area contributed by atoms with Crippen LogP contribution in [0.15, 0.2) is 146 Å². The fraction of sp³-hybridized carbons (Fsp3) is 0.0370. The molecule has 0 saturated carbocycles. The van der Waals surface area contributed by atoms with Crippen LogP contribution in [0.2, 0.25) is 5.02 Å². The number of nitrogens with zero attached hydrogens (tertiary/aromatic N) is 6. The molecule has 0 aliphatic carbocycles. The van der Waals surface area contributed by atoms with E-state index in [0.29, 0.717) is 77.9 Å². The summed E-state index contributed by atoms with van der Waals surface area (Å²) in [4.78, 5) is 41.5. The maximum atomic E-state index is 12.6. The van der Waals surface area contributed by atoms with Gasteiger partial charge in [-0.15, -0.1) is 0 Å². The quantitative estimate of drug-likeness (QED) is 0.0989. The summed E-state index contributed by atoms with van der Waals surface area (Å²) in [6.07, 6.45) is 6.09. The lowest BCUT2D eigenvalue weighted by Crippen LogP contribution is -2.08. The van der Waals surface area contributed by atoms with Gasteiger partial charge in [-0.05, 0) is 119 Å². The first-order valence-corrected chi connectivity index (χ1v) is 21.6. The molecule has 14 heteroatoms. The molecule has 2 aliphatic heterocycles. The molecular weight excluding hydrogens is 876 g/mol. The number of ether oxygens (including phenoxy) is 1. The summed E-state index contributed by atoms with van der Waals surface area (Å²) in [5.41, 5.74) is 10.5. The molecule has 5 heterocycles. The topological polar surface area (TPSA) is 200 Å². The van der Waals surface area contributed by atoms with Gasteiger partial charge < -0.3 is 14.7 Å². The summed E-state index contributed by atoms with van der Waals surface area (Å²) < 4.78 is 6.06. The Balaban J connectivity index is 1.31.